The number of nitrogens with zero attached hydrogens (tertiary/aromatic N) is 4. The maximum Gasteiger partial charge on any atom is 0.269 e. The van der Waals surface area contributed by atoms with Gasteiger partial charge in [-0.2, -0.15) is 9.97 Å². The average Bonchev–Trinajstić information content (AvgIpc) is 2.87. The van der Waals surface area contributed by atoms with Crippen molar-refractivity contribution >= 4 is 40.0 Å². The molecule has 9 heteroatoms. The van der Waals surface area contributed by atoms with E-state index in [1.165, 1.54) is 18.5 Å². The molecule has 2 heterocycles. The molecule has 0 spiro atoms. The highest BCUT2D eigenvalue weighted by atomic mass is 35.5. The van der Waals surface area contributed by atoms with Crippen molar-refractivity contribution in [1.29, 1.82) is 0 Å². The molecule has 0 radical (unpaired) electrons. The van der Waals surface area contributed by atoms with Crippen LogP contribution in [0.25, 0.3) is 11.2 Å². The summed E-state index contributed by atoms with van der Waals surface area (Å²) < 4.78 is 0. The summed E-state index contributed by atoms with van der Waals surface area (Å²) in [7, 11) is 0. The number of H-pyrrole nitrogens is 1. The molecule has 2 N–H and O–H groups in total. The number of hydrogen-bond acceptors (Lipinski definition) is 6. The van der Waals surface area contributed by atoms with Gasteiger partial charge in [0.15, 0.2) is 17.0 Å². The summed E-state index contributed by atoms with van der Waals surface area (Å²) in [6.07, 6.45) is 1.48. The van der Waals surface area contributed by atoms with Crippen molar-refractivity contribution in [3.8, 4) is 0 Å². The summed E-state index contributed by atoms with van der Waals surface area (Å²) in [6.45, 7) is 0. The van der Waals surface area contributed by atoms with Crippen molar-refractivity contribution in [3.05, 3.63) is 46.0 Å². The lowest BCUT2D eigenvalue weighted by Gasteiger charge is -2.05. The number of nitro groups is 1. The van der Waals surface area contributed by atoms with Gasteiger partial charge >= 0.3 is 0 Å². The van der Waals surface area contributed by atoms with E-state index in [4.69, 9.17) is 11.6 Å². The second-order valence-corrected chi connectivity index (χ2v) is 4.21. The molecule has 3 aromatic rings. The minimum atomic E-state index is -0.461. The highest BCUT2D eigenvalue weighted by Crippen LogP contribution is 2.24. The Labute approximate surface area is 117 Å². The number of nitro benzene ring substituents is 1. The lowest BCUT2D eigenvalue weighted by atomic mass is 10.3. The maximum atomic E-state index is 10.6. The van der Waals surface area contributed by atoms with Crippen molar-refractivity contribution in [2.45, 2.75) is 0 Å². The zero-order chi connectivity index (χ0) is 14.1. The largest absolute Gasteiger partial charge is 0.338 e. The Bertz CT molecular complexity index is 785. The Hall–Kier alpha value is -2.74. The number of benzene rings is 1. The molecule has 8 nitrogen and oxygen atoms in total. The number of imidazole rings is 1. The quantitative estimate of drug-likeness (QED) is 0.436. The summed E-state index contributed by atoms with van der Waals surface area (Å²) >= 11 is 5.81. The van der Waals surface area contributed by atoms with Gasteiger partial charge in [0.25, 0.3) is 5.69 Å². The summed E-state index contributed by atoms with van der Waals surface area (Å²) in [4.78, 5) is 25.1. The summed E-state index contributed by atoms with van der Waals surface area (Å²) in [5, 5.41) is 13.7. The van der Waals surface area contributed by atoms with E-state index in [1.807, 2.05) is 0 Å². The zero-order valence-corrected chi connectivity index (χ0v) is 10.6. The first-order valence-electron chi connectivity index (χ1n) is 5.51. The fourth-order valence-corrected chi connectivity index (χ4v) is 1.87. The molecular formula is C11H7ClN6O2. The van der Waals surface area contributed by atoms with Crippen LogP contribution in [0.5, 0.6) is 0 Å². The smallest absolute Gasteiger partial charge is 0.269 e. The minimum Gasteiger partial charge on any atom is -0.338 e. The van der Waals surface area contributed by atoms with Gasteiger partial charge in [0, 0.05) is 17.8 Å². The van der Waals surface area contributed by atoms with Crippen LogP contribution in [0, 0.1) is 10.1 Å². The molecule has 2 aromatic heterocycles. The number of hydrogen-bond donors (Lipinski definition) is 2. The molecule has 0 aliphatic heterocycles. The van der Waals surface area contributed by atoms with Crippen LogP contribution in [0.2, 0.25) is 5.28 Å². The molecule has 0 aliphatic carbocycles. The molecule has 0 amide bonds. The molecule has 3 rings (SSSR count). The third-order valence-electron chi connectivity index (χ3n) is 2.59. The second kappa shape index (κ2) is 4.74. The third-order valence-corrected chi connectivity index (χ3v) is 2.76. The van der Waals surface area contributed by atoms with Crippen LogP contribution in [0.15, 0.2) is 30.6 Å². The number of non-ortho nitro benzene ring substituents is 1. The lowest BCUT2D eigenvalue weighted by Crippen LogP contribution is -1.97. The second-order valence-electron chi connectivity index (χ2n) is 3.87. The van der Waals surface area contributed by atoms with Crippen molar-refractivity contribution in [2.75, 3.05) is 5.32 Å². The number of anilines is 2. The van der Waals surface area contributed by atoms with Crippen molar-refractivity contribution in [3.63, 3.8) is 0 Å². The van der Waals surface area contributed by atoms with E-state index in [9.17, 15) is 10.1 Å². The Balaban J connectivity index is 1.96. The van der Waals surface area contributed by atoms with Crippen LogP contribution in [0.4, 0.5) is 17.2 Å². The van der Waals surface area contributed by atoms with Crippen LogP contribution in [0.3, 0.4) is 0 Å². The van der Waals surface area contributed by atoms with E-state index < -0.39 is 4.92 Å². The molecule has 0 saturated carbocycles. The van der Waals surface area contributed by atoms with E-state index in [0.717, 1.165) is 0 Å². The average molecular weight is 291 g/mol. The van der Waals surface area contributed by atoms with E-state index in [1.54, 1.807) is 12.1 Å². The fraction of sp³-hybridized carbons (Fsp3) is 0. The minimum absolute atomic E-state index is 0.0150. The highest BCUT2D eigenvalue weighted by Gasteiger charge is 2.10. The van der Waals surface area contributed by atoms with Gasteiger partial charge in [-0.25, -0.2) is 4.98 Å². The topological polar surface area (TPSA) is 110 Å². The van der Waals surface area contributed by atoms with Crippen molar-refractivity contribution in [1.82, 2.24) is 19.9 Å². The number of fused-ring (bicyclic) bond motifs is 1. The Kier molecular flexibility index (Phi) is 2.92. The normalized spacial score (nSPS) is 10.7. The predicted molar refractivity (Wildman–Crippen MR) is 73.1 cm³/mol. The molecule has 0 aliphatic rings. The molecular weight excluding hydrogens is 284 g/mol. The van der Waals surface area contributed by atoms with E-state index in [0.29, 0.717) is 22.7 Å². The number of aromatic nitrogens is 4. The first-order chi connectivity index (χ1) is 9.63. The van der Waals surface area contributed by atoms with Gasteiger partial charge in [-0.05, 0) is 23.7 Å². The number of aromatic amines is 1. The molecule has 0 bridgehead atoms. The predicted octanol–water partition coefficient (Wildman–Crippen LogP) is 2.66. The number of halogens is 1. The highest BCUT2D eigenvalue weighted by molar-refractivity contribution is 6.28. The first-order valence-corrected chi connectivity index (χ1v) is 5.89. The summed E-state index contributed by atoms with van der Waals surface area (Å²) in [5.74, 6) is 0.426. The van der Waals surface area contributed by atoms with Gasteiger partial charge in [-0.1, -0.05) is 0 Å². The van der Waals surface area contributed by atoms with Crippen LogP contribution >= 0.6 is 11.6 Å². The van der Waals surface area contributed by atoms with Gasteiger partial charge in [0.1, 0.15) is 0 Å². The monoisotopic (exact) mass is 290 g/mol. The maximum absolute atomic E-state index is 10.6. The van der Waals surface area contributed by atoms with Crippen LogP contribution in [0.1, 0.15) is 0 Å². The van der Waals surface area contributed by atoms with Gasteiger partial charge in [-0.15, -0.1) is 0 Å². The molecule has 0 fully saturated rings. The summed E-state index contributed by atoms with van der Waals surface area (Å²) in [6, 6.07) is 5.94. The third kappa shape index (κ3) is 2.24. The molecule has 1 aromatic carbocycles. The van der Waals surface area contributed by atoms with Gasteiger partial charge in [0.05, 0.1) is 11.3 Å². The molecule has 0 unspecified atom stereocenters. The SMILES string of the molecule is O=[N+]([O-])c1ccc(Nc2nc(Cl)nc3[nH]cnc23)cc1. The molecule has 0 atom stereocenters. The van der Waals surface area contributed by atoms with Crippen molar-refractivity contribution < 1.29 is 4.92 Å². The zero-order valence-electron chi connectivity index (χ0n) is 9.87. The standard InChI is InChI=1S/C11H7ClN6O2/c12-11-16-9-8(13-5-14-9)10(17-11)15-6-1-3-7(4-2-6)18(19)20/h1-5H,(H2,13,14,15,16,17). The number of rotatable bonds is 3. The van der Waals surface area contributed by atoms with Gasteiger partial charge < -0.3 is 10.3 Å². The van der Waals surface area contributed by atoms with Gasteiger partial charge in [0.2, 0.25) is 5.28 Å². The lowest BCUT2D eigenvalue weighted by molar-refractivity contribution is -0.384. The van der Waals surface area contributed by atoms with Crippen LogP contribution in [-0.2, 0) is 0 Å². The Morgan fingerprint density at radius 2 is 2.00 bits per heavy atom. The number of nitrogens with one attached hydrogen (secondary N) is 2. The van der Waals surface area contributed by atoms with E-state index in [-0.39, 0.29) is 11.0 Å². The summed E-state index contributed by atoms with van der Waals surface area (Å²) in [5.41, 5.74) is 1.69. The Morgan fingerprint density at radius 1 is 1.25 bits per heavy atom. The van der Waals surface area contributed by atoms with Crippen LogP contribution in [-0.4, -0.2) is 24.9 Å². The van der Waals surface area contributed by atoms with Gasteiger partial charge in [-0.3, -0.25) is 10.1 Å². The molecule has 20 heavy (non-hydrogen) atoms. The molecule has 100 valence electrons. The fourth-order valence-electron chi connectivity index (χ4n) is 1.70. The van der Waals surface area contributed by atoms with Crippen molar-refractivity contribution in [2.24, 2.45) is 0 Å². The molecule has 0 saturated heterocycles. The van der Waals surface area contributed by atoms with E-state index in [2.05, 4.69) is 25.3 Å². The first kappa shape index (κ1) is 12.3. The Morgan fingerprint density at radius 3 is 2.70 bits per heavy atom. The van der Waals surface area contributed by atoms with Crippen LogP contribution < -0.4 is 5.32 Å². The van der Waals surface area contributed by atoms with E-state index >= 15 is 0 Å².